The molecule has 0 aliphatic rings. The first kappa shape index (κ1) is 20.0. The van der Waals surface area contributed by atoms with Crippen molar-refractivity contribution in [1.82, 2.24) is 4.98 Å². The smallest absolute Gasteiger partial charge is 0.193 e. The van der Waals surface area contributed by atoms with Crippen LogP contribution in [-0.4, -0.2) is 24.6 Å². The molecule has 2 rings (SSSR count). The highest BCUT2D eigenvalue weighted by atomic mass is 127. The quantitative estimate of drug-likeness (QED) is 0.384. The minimum atomic E-state index is 0. The van der Waals surface area contributed by atoms with Crippen molar-refractivity contribution in [3.63, 3.8) is 0 Å². The number of thiazole rings is 1. The Kier molecular flexibility index (Phi) is 8.64. The highest BCUT2D eigenvalue weighted by molar-refractivity contribution is 14.0. The van der Waals surface area contributed by atoms with Gasteiger partial charge in [0.1, 0.15) is 5.75 Å². The molecule has 0 aliphatic heterocycles. The van der Waals surface area contributed by atoms with E-state index in [1.54, 1.807) is 30.6 Å². The second-order valence-electron chi connectivity index (χ2n) is 4.57. The van der Waals surface area contributed by atoms with Crippen LogP contribution in [-0.2, 0) is 12.8 Å². The number of halogens is 2. The van der Waals surface area contributed by atoms with Gasteiger partial charge in [-0.25, -0.2) is 4.98 Å². The molecular formula is C15H20ClIN4OS. The van der Waals surface area contributed by atoms with E-state index in [9.17, 15) is 0 Å². The number of aromatic nitrogens is 1. The molecule has 126 valence electrons. The fraction of sp³-hybridized carbons (Fsp3) is 0.333. The zero-order valence-electron chi connectivity index (χ0n) is 13.0. The molecular weight excluding hydrogens is 447 g/mol. The molecule has 0 fully saturated rings. The first-order chi connectivity index (χ1) is 10.6. The highest BCUT2D eigenvalue weighted by Crippen LogP contribution is 2.27. The Morgan fingerprint density at radius 3 is 2.87 bits per heavy atom. The Morgan fingerprint density at radius 2 is 2.26 bits per heavy atom. The number of hydrogen-bond donors (Lipinski definition) is 2. The van der Waals surface area contributed by atoms with Crippen molar-refractivity contribution in [2.24, 2.45) is 10.7 Å². The SMILES string of the molecule is CCc1cnc(CCN=C(N)Nc2ccc(OC)c(Cl)c2)s1.I. The molecule has 0 bridgehead atoms. The normalized spacial score (nSPS) is 11.0. The first-order valence-electron chi connectivity index (χ1n) is 6.96. The minimum absolute atomic E-state index is 0. The van der Waals surface area contributed by atoms with Crippen molar-refractivity contribution in [2.45, 2.75) is 19.8 Å². The van der Waals surface area contributed by atoms with Crippen LogP contribution in [0.3, 0.4) is 0 Å². The van der Waals surface area contributed by atoms with E-state index in [0.717, 1.165) is 23.5 Å². The molecule has 0 atom stereocenters. The molecule has 8 heteroatoms. The number of nitrogens with zero attached hydrogens (tertiary/aromatic N) is 2. The van der Waals surface area contributed by atoms with E-state index in [4.69, 9.17) is 22.1 Å². The largest absolute Gasteiger partial charge is 0.495 e. The highest BCUT2D eigenvalue weighted by Gasteiger charge is 2.03. The molecule has 23 heavy (non-hydrogen) atoms. The second kappa shape index (κ2) is 9.94. The van der Waals surface area contributed by atoms with Gasteiger partial charge in [0, 0.05) is 29.7 Å². The Morgan fingerprint density at radius 1 is 1.48 bits per heavy atom. The van der Waals surface area contributed by atoms with Crippen LogP contribution in [0.15, 0.2) is 29.4 Å². The third-order valence-electron chi connectivity index (χ3n) is 2.98. The summed E-state index contributed by atoms with van der Waals surface area (Å²) in [5, 5.41) is 4.61. The average molecular weight is 467 g/mol. The molecule has 5 nitrogen and oxygen atoms in total. The summed E-state index contributed by atoms with van der Waals surface area (Å²) in [5.41, 5.74) is 6.64. The molecule has 0 saturated carbocycles. The Balaban J connectivity index is 0.00000264. The van der Waals surface area contributed by atoms with Gasteiger partial charge in [-0.1, -0.05) is 18.5 Å². The predicted octanol–water partition coefficient (Wildman–Crippen LogP) is 3.95. The van der Waals surface area contributed by atoms with Gasteiger partial charge in [0.25, 0.3) is 0 Å². The number of anilines is 1. The number of aliphatic imine (C=N–C) groups is 1. The lowest BCUT2D eigenvalue weighted by Crippen LogP contribution is -2.23. The molecule has 0 radical (unpaired) electrons. The maximum absolute atomic E-state index is 6.06. The number of nitrogens with one attached hydrogen (secondary N) is 1. The summed E-state index contributed by atoms with van der Waals surface area (Å²) in [6.07, 6.45) is 3.73. The number of rotatable bonds is 6. The molecule has 0 saturated heterocycles. The van der Waals surface area contributed by atoms with Crippen molar-refractivity contribution in [1.29, 1.82) is 0 Å². The predicted molar refractivity (Wildman–Crippen MR) is 109 cm³/mol. The van der Waals surface area contributed by atoms with E-state index in [0.29, 0.717) is 23.3 Å². The second-order valence-corrected chi connectivity index (χ2v) is 6.17. The lowest BCUT2D eigenvalue weighted by Gasteiger charge is -2.08. The molecule has 2 aromatic rings. The van der Waals surface area contributed by atoms with Crippen molar-refractivity contribution in [2.75, 3.05) is 19.0 Å². The van der Waals surface area contributed by atoms with Crippen LogP contribution >= 0.6 is 46.9 Å². The van der Waals surface area contributed by atoms with E-state index in [1.807, 2.05) is 12.3 Å². The van der Waals surface area contributed by atoms with Gasteiger partial charge >= 0.3 is 0 Å². The van der Waals surface area contributed by atoms with Gasteiger partial charge in [-0.2, -0.15) is 0 Å². The van der Waals surface area contributed by atoms with Crippen molar-refractivity contribution in [3.8, 4) is 5.75 Å². The van der Waals surface area contributed by atoms with E-state index in [2.05, 4.69) is 22.2 Å². The monoisotopic (exact) mass is 466 g/mol. The minimum Gasteiger partial charge on any atom is -0.495 e. The lowest BCUT2D eigenvalue weighted by molar-refractivity contribution is 0.415. The zero-order chi connectivity index (χ0) is 15.9. The molecule has 0 amide bonds. The maximum atomic E-state index is 6.06. The van der Waals surface area contributed by atoms with E-state index < -0.39 is 0 Å². The molecule has 1 aromatic carbocycles. The number of ether oxygens (including phenoxy) is 1. The van der Waals surface area contributed by atoms with Gasteiger partial charge in [0.05, 0.1) is 17.1 Å². The first-order valence-corrected chi connectivity index (χ1v) is 8.16. The fourth-order valence-electron chi connectivity index (χ4n) is 1.83. The van der Waals surface area contributed by atoms with Crippen molar-refractivity contribution in [3.05, 3.63) is 39.3 Å². The van der Waals surface area contributed by atoms with Crippen molar-refractivity contribution < 1.29 is 4.74 Å². The summed E-state index contributed by atoms with van der Waals surface area (Å²) in [4.78, 5) is 9.94. The van der Waals surface area contributed by atoms with Crippen LogP contribution in [0.2, 0.25) is 5.02 Å². The summed E-state index contributed by atoms with van der Waals surface area (Å²) in [5.74, 6) is 0.978. The molecule has 0 aliphatic carbocycles. The summed E-state index contributed by atoms with van der Waals surface area (Å²) < 4.78 is 5.10. The standard InChI is InChI=1S/C15H19ClN4OS.HI/c1-3-11-9-19-14(22-11)6-7-18-15(17)20-10-4-5-13(21-2)12(16)8-10;/h4-5,8-9H,3,6-7H2,1-2H3,(H3,17,18,20);1H. The number of benzene rings is 1. The molecule has 1 heterocycles. The van der Waals surface area contributed by atoms with Crippen LogP contribution < -0.4 is 15.8 Å². The Bertz CT molecular complexity index is 663. The Hall–Kier alpha value is -1.06. The third kappa shape index (κ3) is 6.15. The van der Waals surface area contributed by atoms with E-state index in [-0.39, 0.29) is 24.0 Å². The molecule has 1 aromatic heterocycles. The topological polar surface area (TPSA) is 72.5 Å². The fourth-order valence-corrected chi connectivity index (χ4v) is 2.94. The molecule has 3 N–H and O–H groups in total. The van der Waals surface area contributed by atoms with Crippen LogP contribution in [0, 0.1) is 0 Å². The summed E-state index contributed by atoms with van der Waals surface area (Å²) >= 11 is 7.78. The van der Waals surface area contributed by atoms with Gasteiger partial charge in [-0.15, -0.1) is 35.3 Å². The summed E-state index contributed by atoms with van der Waals surface area (Å²) in [7, 11) is 1.58. The zero-order valence-corrected chi connectivity index (χ0v) is 16.9. The number of methoxy groups -OCH3 is 1. The van der Waals surface area contributed by atoms with Gasteiger partial charge < -0.3 is 15.8 Å². The number of guanidine groups is 1. The van der Waals surface area contributed by atoms with Crippen LogP contribution in [0.4, 0.5) is 5.69 Å². The van der Waals surface area contributed by atoms with Gasteiger partial charge in [-0.05, 0) is 24.6 Å². The van der Waals surface area contributed by atoms with Gasteiger partial charge in [0.2, 0.25) is 0 Å². The van der Waals surface area contributed by atoms with E-state index in [1.165, 1.54) is 4.88 Å². The van der Waals surface area contributed by atoms with E-state index >= 15 is 0 Å². The number of aryl methyl sites for hydroxylation is 1. The van der Waals surface area contributed by atoms with Crippen molar-refractivity contribution >= 4 is 58.6 Å². The number of nitrogens with two attached hydrogens (primary N) is 1. The van der Waals surface area contributed by atoms with Crippen LogP contribution in [0.5, 0.6) is 5.75 Å². The third-order valence-corrected chi connectivity index (χ3v) is 4.48. The molecule has 0 spiro atoms. The summed E-state index contributed by atoms with van der Waals surface area (Å²) in [6, 6.07) is 5.36. The summed E-state index contributed by atoms with van der Waals surface area (Å²) in [6.45, 7) is 2.72. The Labute approximate surface area is 162 Å². The number of hydrogen-bond acceptors (Lipinski definition) is 4. The van der Waals surface area contributed by atoms with Gasteiger partial charge in [-0.3, -0.25) is 4.99 Å². The van der Waals surface area contributed by atoms with Gasteiger partial charge in [0.15, 0.2) is 5.96 Å². The average Bonchev–Trinajstić information content (AvgIpc) is 2.95. The van der Waals surface area contributed by atoms with Crippen LogP contribution in [0.25, 0.3) is 0 Å². The lowest BCUT2D eigenvalue weighted by atomic mass is 10.3. The molecule has 0 unspecified atom stereocenters. The maximum Gasteiger partial charge on any atom is 0.193 e. The van der Waals surface area contributed by atoms with Crippen LogP contribution in [0.1, 0.15) is 16.8 Å².